The average Bonchev–Trinajstić information content (AvgIpc) is 3.19. The van der Waals surface area contributed by atoms with Crippen LogP contribution < -0.4 is 10.9 Å². The van der Waals surface area contributed by atoms with Crippen LogP contribution in [0.1, 0.15) is 24.7 Å². The molecule has 0 radical (unpaired) electrons. The monoisotopic (exact) mass is 316 g/mol. The molecule has 1 fully saturated rings. The Bertz CT molecular complexity index is 834. The predicted octanol–water partition coefficient (Wildman–Crippen LogP) is 2.33. The van der Waals surface area contributed by atoms with E-state index in [0.717, 1.165) is 30.9 Å². The Balaban J connectivity index is 0.00000144. The molecule has 1 atom stereocenters. The fourth-order valence-electron chi connectivity index (χ4n) is 2.96. The molecule has 4 rings (SSSR count). The zero-order valence-electron chi connectivity index (χ0n) is 12.0. The van der Waals surface area contributed by atoms with E-state index in [2.05, 4.69) is 10.4 Å². The normalized spacial score (nSPS) is 17.5. The lowest BCUT2D eigenvalue weighted by Crippen LogP contribution is -2.30. The van der Waals surface area contributed by atoms with Gasteiger partial charge in [0.15, 0.2) is 5.82 Å². The van der Waals surface area contributed by atoms with Gasteiger partial charge in [-0.05, 0) is 43.7 Å². The number of fused-ring (bicyclic) bond motifs is 1. The third-order valence-corrected chi connectivity index (χ3v) is 3.98. The topological polar surface area (TPSA) is 51.3 Å². The molecule has 1 unspecified atom stereocenters. The summed E-state index contributed by atoms with van der Waals surface area (Å²) >= 11 is 0. The molecule has 114 valence electrons. The maximum Gasteiger partial charge on any atom is 0.282 e. The molecule has 1 N–H and O–H groups in total. The summed E-state index contributed by atoms with van der Waals surface area (Å²) in [6.07, 6.45) is 3.94. The second-order valence-electron chi connectivity index (χ2n) is 5.32. The molecule has 5 nitrogen and oxygen atoms in total. The van der Waals surface area contributed by atoms with Gasteiger partial charge in [0, 0.05) is 6.20 Å². The van der Waals surface area contributed by atoms with E-state index in [1.54, 1.807) is 15.1 Å². The second-order valence-corrected chi connectivity index (χ2v) is 5.32. The van der Waals surface area contributed by atoms with Crippen molar-refractivity contribution in [3.05, 3.63) is 64.8 Å². The lowest BCUT2D eigenvalue weighted by molar-refractivity contribution is 0.560. The molecular formula is C16H17ClN4O. The SMILES string of the molecule is Cl.O=c1c2cccn2nc(C2CCCN2)n1-c1ccccc1. The van der Waals surface area contributed by atoms with Gasteiger partial charge in [0.25, 0.3) is 5.56 Å². The van der Waals surface area contributed by atoms with Crippen LogP contribution in [0.25, 0.3) is 11.2 Å². The van der Waals surface area contributed by atoms with Gasteiger partial charge in [-0.3, -0.25) is 9.36 Å². The van der Waals surface area contributed by atoms with E-state index in [4.69, 9.17) is 0 Å². The van der Waals surface area contributed by atoms with Gasteiger partial charge in [-0.2, -0.15) is 5.10 Å². The lowest BCUT2D eigenvalue weighted by Gasteiger charge is -2.17. The van der Waals surface area contributed by atoms with E-state index in [1.165, 1.54) is 0 Å². The van der Waals surface area contributed by atoms with Crippen LogP contribution in [0.4, 0.5) is 0 Å². The van der Waals surface area contributed by atoms with Crippen LogP contribution in [0.15, 0.2) is 53.5 Å². The summed E-state index contributed by atoms with van der Waals surface area (Å²) in [6, 6.07) is 13.5. The number of halogens is 1. The standard InChI is InChI=1S/C16H16N4O.ClH/c21-16-14-9-5-11-19(14)18-15(13-8-4-10-17-13)20(16)12-6-2-1-3-7-12;/h1-3,5-7,9,11,13,17H,4,8,10H2;1H. The minimum atomic E-state index is -0.0232. The van der Waals surface area contributed by atoms with Crippen molar-refractivity contribution in [2.75, 3.05) is 6.54 Å². The summed E-state index contributed by atoms with van der Waals surface area (Å²) in [5, 5.41) is 8.10. The Morgan fingerprint density at radius 3 is 2.68 bits per heavy atom. The molecule has 1 aromatic carbocycles. The molecule has 0 aliphatic carbocycles. The third kappa shape index (κ3) is 2.32. The van der Waals surface area contributed by atoms with Gasteiger partial charge in [-0.15, -0.1) is 12.4 Å². The van der Waals surface area contributed by atoms with Crippen molar-refractivity contribution < 1.29 is 0 Å². The summed E-state index contributed by atoms with van der Waals surface area (Å²) in [6.45, 7) is 0.971. The Labute approximate surface area is 134 Å². The molecule has 0 bridgehead atoms. The number of benzene rings is 1. The van der Waals surface area contributed by atoms with Crippen LogP contribution in [0.5, 0.6) is 0 Å². The molecule has 0 saturated carbocycles. The van der Waals surface area contributed by atoms with Gasteiger partial charge in [-0.25, -0.2) is 4.52 Å². The lowest BCUT2D eigenvalue weighted by atomic mass is 10.2. The largest absolute Gasteiger partial charge is 0.307 e. The quantitative estimate of drug-likeness (QED) is 0.789. The highest BCUT2D eigenvalue weighted by Gasteiger charge is 2.23. The van der Waals surface area contributed by atoms with E-state index in [0.29, 0.717) is 5.52 Å². The van der Waals surface area contributed by atoms with Gasteiger partial charge in [0.2, 0.25) is 0 Å². The van der Waals surface area contributed by atoms with E-state index in [1.807, 2.05) is 42.6 Å². The smallest absolute Gasteiger partial charge is 0.282 e. The Morgan fingerprint density at radius 2 is 1.95 bits per heavy atom. The van der Waals surface area contributed by atoms with Crippen LogP contribution in [0, 0.1) is 0 Å². The van der Waals surface area contributed by atoms with Crippen LogP contribution in [-0.4, -0.2) is 20.7 Å². The fraction of sp³-hybridized carbons (Fsp3) is 0.250. The molecule has 1 saturated heterocycles. The number of rotatable bonds is 2. The molecule has 3 heterocycles. The Kier molecular flexibility index (Phi) is 4.00. The van der Waals surface area contributed by atoms with E-state index in [9.17, 15) is 4.79 Å². The molecule has 6 heteroatoms. The first kappa shape index (κ1) is 14.8. The highest BCUT2D eigenvalue weighted by atomic mass is 35.5. The van der Waals surface area contributed by atoms with Gasteiger partial charge in [-0.1, -0.05) is 18.2 Å². The second kappa shape index (κ2) is 5.94. The van der Waals surface area contributed by atoms with Gasteiger partial charge >= 0.3 is 0 Å². The van der Waals surface area contributed by atoms with Crippen molar-refractivity contribution in [1.29, 1.82) is 0 Å². The summed E-state index contributed by atoms with van der Waals surface area (Å²) in [5.41, 5.74) is 1.44. The Hall–Kier alpha value is -2.11. The maximum atomic E-state index is 12.8. The average molecular weight is 317 g/mol. The minimum Gasteiger partial charge on any atom is -0.307 e. The zero-order valence-corrected chi connectivity index (χ0v) is 12.8. The number of nitrogens with one attached hydrogen (secondary N) is 1. The number of nitrogens with zero attached hydrogens (tertiary/aromatic N) is 3. The van der Waals surface area contributed by atoms with Crippen molar-refractivity contribution in [2.24, 2.45) is 0 Å². The molecule has 3 aromatic rings. The van der Waals surface area contributed by atoms with Gasteiger partial charge in [0.1, 0.15) is 5.52 Å². The minimum absolute atomic E-state index is 0. The highest BCUT2D eigenvalue weighted by molar-refractivity contribution is 5.85. The first-order valence-electron chi connectivity index (χ1n) is 7.24. The summed E-state index contributed by atoms with van der Waals surface area (Å²) in [7, 11) is 0. The number of para-hydroxylation sites is 1. The number of hydrogen-bond acceptors (Lipinski definition) is 3. The van der Waals surface area contributed by atoms with Crippen LogP contribution in [0.2, 0.25) is 0 Å². The van der Waals surface area contributed by atoms with Crippen molar-refractivity contribution in [1.82, 2.24) is 19.5 Å². The van der Waals surface area contributed by atoms with Crippen molar-refractivity contribution >= 4 is 17.9 Å². The van der Waals surface area contributed by atoms with Gasteiger partial charge in [0.05, 0.1) is 11.7 Å². The third-order valence-electron chi connectivity index (χ3n) is 3.98. The predicted molar refractivity (Wildman–Crippen MR) is 88.0 cm³/mol. The molecule has 0 spiro atoms. The first-order chi connectivity index (χ1) is 10.3. The zero-order chi connectivity index (χ0) is 14.2. The van der Waals surface area contributed by atoms with Crippen LogP contribution in [-0.2, 0) is 0 Å². The maximum absolute atomic E-state index is 12.8. The van der Waals surface area contributed by atoms with Crippen molar-refractivity contribution in [3.8, 4) is 5.69 Å². The van der Waals surface area contributed by atoms with Crippen molar-refractivity contribution in [3.63, 3.8) is 0 Å². The molecule has 1 aliphatic heterocycles. The first-order valence-corrected chi connectivity index (χ1v) is 7.24. The summed E-state index contributed by atoms with van der Waals surface area (Å²) < 4.78 is 3.41. The molecular weight excluding hydrogens is 300 g/mol. The fourth-order valence-corrected chi connectivity index (χ4v) is 2.96. The molecule has 0 amide bonds. The van der Waals surface area contributed by atoms with Crippen LogP contribution in [0.3, 0.4) is 0 Å². The van der Waals surface area contributed by atoms with E-state index in [-0.39, 0.29) is 24.0 Å². The summed E-state index contributed by atoms with van der Waals surface area (Å²) in [5.74, 6) is 0.785. The van der Waals surface area contributed by atoms with Crippen LogP contribution >= 0.6 is 12.4 Å². The molecule has 2 aromatic heterocycles. The highest BCUT2D eigenvalue weighted by Crippen LogP contribution is 2.22. The van der Waals surface area contributed by atoms with E-state index < -0.39 is 0 Å². The molecule has 1 aliphatic rings. The van der Waals surface area contributed by atoms with E-state index >= 15 is 0 Å². The Morgan fingerprint density at radius 1 is 1.14 bits per heavy atom. The molecule has 22 heavy (non-hydrogen) atoms. The van der Waals surface area contributed by atoms with Gasteiger partial charge < -0.3 is 5.32 Å². The van der Waals surface area contributed by atoms with Crippen molar-refractivity contribution in [2.45, 2.75) is 18.9 Å². The number of hydrogen-bond donors (Lipinski definition) is 1. The summed E-state index contributed by atoms with van der Waals surface area (Å²) in [4.78, 5) is 12.8. The number of aromatic nitrogens is 3.